The number of hydrogen-bond donors (Lipinski definition) is 1. The molecule has 1 aromatic carbocycles. The molecule has 0 radical (unpaired) electrons. The van der Waals surface area contributed by atoms with E-state index in [0.717, 1.165) is 0 Å². The molecule has 0 unspecified atom stereocenters. The van der Waals surface area contributed by atoms with Crippen LogP contribution in [0.5, 0.6) is 0 Å². The molecule has 0 bridgehead atoms. The molecule has 1 N–H and O–H groups in total. The molecule has 0 aliphatic heterocycles. The number of carbonyl (C=O) groups is 3. The number of carboxylic acid groups (broad SMARTS) is 1. The summed E-state index contributed by atoms with van der Waals surface area (Å²) in [5.41, 5.74) is 0.0429. The lowest BCUT2D eigenvalue weighted by Gasteiger charge is -2.23. The monoisotopic (exact) mass is 347 g/mol. The minimum atomic E-state index is -5.09. The van der Waals surface area contributed by atoms with Gasteiger partial charge in [-0.25, -0.2) is 4.79 Å². The van der Waals surface area contributed by atoms with E-state index in [4.69, 9.17) is 9.84 Å². The van der Waals surface area contributed by atoms with Crippen molar-refractivity contribution in [3.63, 3.8) is 0 Å². The van der Waals surface area contributed by atoms with Gasteiger partial charge in [0.2, 0.25) is 0 Å². The minimum Gasteiger partial charge on any atom is -0.481 e. The molecule has 0 fully saturated rings. The molecular weight excluding hydrogens is 331 g/mol. The highest BCUT2D eigenvalue weighted by Gasteiger charge is 2.42. The summed E-state index contributed by atoms with van der Waals surface area (Å²) in [5.74, 6) is -3.91. The van der Waals surface area contributed by atoms with Crippen molar-refractivity contribution in [2.75, 3.05) is 18.1 Å². The second-order valence-electron chi connectivity index (χ2n) is 4.72. The SMILES string of the molecule is CCOC(=O)c1ccc(N(CCCC(=O)O)C(=O)C(F)(F)F)cc1. The van der Waals surface area contributed by atoms with Gasteiger partial charge in [0.1, 0.15) is 0 Å². The average molecular weight is 347 g/mol. The smallest absolute Gasteiger partial charge is 0.471 e. The topological polar surface area (TPSA) is 83.9 Å². The van der Waals surface area contributed by atoms with Gasteiger partial charge in [-0.3, -0.25) is 9.59 Å². The molecule has 24 heavy (non-hydrogen) atoms. The number of carbonyl (C=O) groups excluding carboxylic acids is 2. The number of hydrogen-bond acceptors (Lipinski definition) is 4. The Morgan fingerprint density at radius 3 is 2.21 bits per heavy atom. The highest BCUT2D eigenvalue weighted by molar-refractivity contribution is 5.98. The third kappa shape index (κ3) is 5.56. The Balaban J connectivity index is 2.99. The molecule has 0 heterocycles. The van der Waals surface area contributed by atoms with Crippen LogP contribution in [-0.4, -0.2) is 42.3 Å². The van der Waals surface area contributed by atoms with Crippen molar-refractivity contribution in [1.82, 2.24) is 0 Å². The maximum atomic E-state index is 12.7. The number of alkyl halides is 3. The lowest BCUT2D eigenvalue weighted by molar-refractivity contribution is -0.170. The third-order valence-corrected chi connectivity index (χ3v) is 2.95. The second kappa shape index (κ2) is 8.32. The van der Waals surface area contributed by atoms with E-state index in [1.54, 1.807) is 6.92 Å². The highest BCUT2D eigenvalue weighted by Crippen LogP contribution is 2.24. The van der Waals surface area contributed by atoms with Crippen molar-refractivity contribution in [1.29, 1.82) is 0 Å². The van der Waals surface area contributed by atoms with Gasteiger partial charge in [-0.05, 0) is 37.6 Å². The van der Waals surface area contributed by atoms with Crippen LogP contribution in [0.1, 0.15) is 30.1 Å². The molecule has 0 aliphatic carbocycles. The lowest BCUT2D eigenvalue weighted by Crippen LogP contribution is -2.42. The maximum absolute atomic E-state index is 12.7. The number of anilines is 1. The molecule has 132 valence electrons. The van der Waals surface area contributed by atoms with E-state index >= 15 is 0 Å². The number of ether oxygens (including phenoxy) is 1. The van der Waals surface area contributed by atoms with E-state index in [1.165, 1.54) is 24.3 Å². The minimum absolute atomic E-state index is 0.0873. The van der Waals surface area contributed by atoms with E-state index < -0.39 is 30.6 Å². The molecule has 0 atom stereocenters. The van der Waals surface area contributed by atoms with Crippen LogP contribution in [0.25, 0.3) is 0 Å². The fourth-order valence-electron chi connectivity index (χ4n) is 1.88. The summed E-state index contributed by atoms with van der Waals surface area (Å²) in [6.07, 6.45) is -5.61. The fourth-order valence-corrected chi connectivity index (χ4v) is 1.88. The summed E-state index contributed by atoms with van der Waals surface area (Å²) >= 11 is 0. The summed E-state index contributed by atoms with van der Waals surface area (Å²) in [6.45, 7) is 1.34. The Morgan fingerprint density at radius 2 is 1.75 bits per heavy atom. The first-order chi connectivity index (χ1) is 11.2. The van der Waals surface area contributed by atoms with E-state index in [1.807, 2.05) is 0 Å². The average Bonchev–Trinajstić information content (AvgIpc) is 2.50. The quantitative estimate of drug-likeness (QED) is 0.767. The molecule has 1 aromatic rings. The Kier molecular flexibility index (Phi) is 6.75. The molecule has 0 spiro atoms. The predicted molar refractivity (Wildman–Crippen MR) is 77.7 cm³/mol. The van der Waals surface area contributed by atoms with Crippen molar-refractivity contribution in [2.24, 2.45) is 0 Å². The molecule has 0 saturated carbocycles. The van der Waals surface area contributed by atoms with Crippen LogP contribution < -0.4 is 4.90 Å². The molecule has 1 amide bonds. The number of amides is 1. The summed E-state index contributed by atoms with van der Waals surface area (Å²) < 4.78 is 42.8. The van der Waals surface area contributed by atoms with E-state index in [-0.39, 0.29) is 30.7 Å². The Morgan fingerprint density at radius 1 is 1.17 bits per heavy atom. The van der Waals surface area contributed by atoms with E-state index in [2.05, 4.69) is 0 Å². The second-order valence-corrected chi connectivity index (χ2v) is 4.72. The van der Waals surface area contributed by atoms with Crippen molar-refractivity contribution >= 4 is 23.5 Å². The molecule has 6 nitrogen and oxygen atoms in total. The number of carboxylic acids is 1. The van der Waals surface area contributed by atoms with Crippen LogP contribution in [-0.2, 0) is 14.3 Å². The molecule has 0 aliphatic rings. The molecule has 0 saturated heterocycles. The van der Waals surface area contributed by atoms with Gasteiger partial charge < -0.3 is 14.7 Å². The van der Waals surface area contributed by atoms with Crippen LogP contribution in [0.4, 0.5) is 18.9 Å². The number of benzene rings is 1. The van der Waals surface area contributed by atoms with E-state index in [0.29, 0.717) is 4.90 Å². The number of nitrogens with zero attached hydrogens (tertiary/aromatic N) is 1. The zero-order valence-electron chi connectivity index (χ0n) is 12.8. The van der Waals surface area contributed by atoms with Crippen LogP contribution in [0.3, 0.4) is 0 Å². The van der Waals surface area contributed by atoms with Gasteiger partial charge in [0.25, 0.3) is 0 Å². The Bertz CT molecular complexity index is 598. The number of halogens is 3. The largest absolute Gasteiger partial charge is 0.481 e. The van der Waals surface area contributed by atoms with Crippen LogP contribution in [0.2, 0.25) is 0 Å². The van der Waals surface area contributed by atoms with Gasteiger partial charge in [0.05, 0.1) is 12.2 Å². The van der Waals surface area contributed by atoms with Crippen molar-refractivity contribution < 1.29 is 37.4 Å². The zero-order chi connectivity index (χ0) is 18.3. The predicted octanol–water partition coefficient (Wildman–Crippen LogP) is 2.62. The van der Waals surface area contributed by atoms with Crippen LogP contribution in [0.15, 0.2) is 24.3 Å². The maximum Gasteiger partial charge on any atom is 0.471 e. The first kappa shape index (κ1) is 19.5. The summed E-state index contributed by atoms with van der Waals surface area (Å²) in [6, 6.07) is 4.83. The fraction of sp³-hybridized carbons (Fsp3) is 0.400. The zero-order valence-corrected chi connectivity index (χ0v) is 12.8. The van der Waals surface area contributed by atoms with Crippen molar-refractivity contribution in [2.45, 2.75) is 25.9 Å². The van der Waals surface area contributed by atoms with Gasteiger partial charge in [-0.1, -0.05) is 0 Å². The molecular formula is C15H16F3NO5. The van der Waals surface area contributed by atoms with Gasteiger partial charge in [0, 0.05) is 18.7 Å². The lowest BCUT2D eigenvalue weighted by atomic mass is 10.2. The van der Waals surface area contributed by atoms with Gasteiger partial charge >= 0.3 is 24.0 Å². The van der Waals surface area contributed by atoms with Gasteiger partial charge in [-0.2, -0.15) is 13.2 Å². The molecule has 1 rings (SSSR count). The summed E-state index contributed by atoms with van der Waals surface area (Å²) in [5, 5.41) is 8.57. The first-order valence-electron chi connectivity index (χ1n) is 7.04. The Hall–Kier alpha value is -2.58. The van der Waals surface area contributed by atoms with Crippen molar-refractivity contribution in [3.8, 4) is 0 Å². The summed E-state index contributed by atoms with van der Waals surface area (Å²) in [7, 11) is 0. The van der Waals surface area contributed by atoms with Gasteiger partial charge in [-0.15, -0.1) is 0 Å². The number of aliphatic carboxylic acids is 1. The molecule has 0 aromatic heterocycles. The standard InChI is InChI=1S/C15H16F3NO5/c1-2-24-13(22)10-5-7-11(8-6-10)19(9-3-4-12(20)21)14(23)15(16,17)18/h5-8H,2-4,9H2,1H3,(H,20,21). The molecule has 9 heteroatoms. The highest BCUT2D eigenvalue weighted by atomic mass is 19.4. The normalized spacial score (nSPS) is 11.0. The Labute approximate surface area is 135 Å². The number of rotatable bonds is 7. The summed E-state index contributed by atoms with van der Waals surface area (Å²) in [4.78, 5) is 34.0. The number of esters is 1. The van der Waals surface area contributed by atoms with Crippen LogP contribution >= 0.6 is 0 Å². The van der Waals surface area contributed by atoms with Gasteiger partial charge in [0.15, 0.2) is 0 Å². The first-order valence-corrected chi connectivity index (χ1v) is 7.04. The van der Waals surface area contributed by atoms with Crippen LogP contribution in [0, 0.1) is 0 Å². The third-order valence-electron chi connectivity index (χ3n) is 2.95. The van der Waals surface area contributed by atoms with E-state index in [9.17, 15) is 27.6 Å². The van der Waals surface area contributed by atoms with Crippen molar-refractivity contribution in [3.05, 3.63) is 29.8 Å².